The molecule has 0 saturated carbocycles. The lowest BCUT2D eigenvalue weighted by Gasteiger charge is -2.45. The normalized spacial score (nSPS) is 29.9. The van der Waals surface area contributed by atoms with Gasteiger partial charge in [-0.3, -0.25) is 0 Å². The van der Waals surface area contributed by atoms with E-state index >= 15 is 0 Å². The zero-order valence-corrected chi connectivity index (χ0v) is 17.1. The van der Waals surface area contributed by atoms with E-state index in [0.717, 1.165) is 0 Å². The van der Waals surface area contributed by atoms with Gasteiger partial charge in [-0.05, 0) is 49.4 Å². The van der Waals surface area contributed by atoms with Gasteiger partial charge in [0.1, 0.15) is 0 Å². The monoisotopic (exact) mass is 324 g/mol. The summed E-state index contributed by atoms with van der Waals surface area (Å²) in [6, 6.07) is 0.902. The lowest BCUT2D eigenvalue weighted by atomic mass is 9.66. The van der Waals surface area contributed by atoms with Crippen LogP contribution in [0.3, 0.4) is 0 Å². The molecular formula is C20H40N2O. The number of nitrogens with one attached hydrogen (secondary N) is 1. The molecule has 4 atom stereocenters. The topological polar surface area (TPSA) is 32.3 Å². The Balaban J connectivity index is 3.50. The molecule has 2 amide bonds. The SMILES string of the molecule is CC(C)C1NC(=O)N(C(C)C)C(C(C)C)C(C(C)C)C1C(C)C. The molecule has 23 heavy (non-hydrogen) atoms. The van der Waals surface area contributed by atoms with Gasteiger partial charge in [0.05, 0.1) is 0 Å². The van der Waals surface area contributed by atoms with E-state index in [0.29, 0.717) is 41.5 Å². The van der Waals surface area contributed by atoms with Crippen LogP contribution in [0.5, 0.6) is 0 Å². The van der Waals surface area contributed by atoms with Crippen molar-refractivity contribution in [2.24, 2.45) is 35.5 Å². The third-order valence-electron chi connectivity index (χ3n) is 5.60. The molecule has 0 spiro atoms. The van der Waals surface area contributed by atoms with Crippen LogP contribution in [-0.2, 0) is 0 Å². The molecule has 4 unspecified atom stereocenters. The predicted molar refractivity (Wildman–Crippen MR) is 99.4 cm³/mol. The fraction of sp³-hybridized carbons (Fsp3) is 0.950. The van der Waals surface area contributed by atoms with E-state index in [1.54, 1.807) is 0 Å². The van der Waals surface area contributed by atoms with Gasteiger partial charge in [0.2, 0.25) is 0 Å². The largest absolute Gasteiger partial charge is 0.335 e. The van der Waals surface area contributed by atoms with Crippen molar-refractivity contribution in [3.63, 3.8) is 0 Å². The number of nitrogens with zero attached hydrogens (tertiary/aromatic N) is 1. The molecule has 0 bridgehead atoms. The molecule has 1 aliphatic rings. The van der Waals surface area contributed by atoms with Gasteiger partial charge < -0.3 is 10.2 Å². The lowest BCUT2D eigenvalue weighted by molar-refractivity contribution is 0.0424. The van der Waals surface area contributed by atoms with E-state index in [1.807, 2.05) is 0 Å². The summed E-state index contributed by atoms with van der Waals surface area (Å²) in [6.07, 6.45) is 0. The number of amides is 2. The Bertz CT molecular complexity index is 387. The van der Waals surface area contributed by atoms with E-state index in [9.17, 15) is 4.79 Å². The van der Waals surface area contributed by atoms with Crippen LogP contribution in [0.1, 0.15) is 69.2 Å². The van der Waals surface area contributed by atoms with Crippen molar-refractivity contribution in [3.05, 3.63) is 0 Å². The molecular weight excluding hydrogens is 284 g/mol. The van der Waals surface area contributed by atoms with E-state index in [4.69, 9.17) is 0 Å². The van der Waals surface area contributed by atoms with E-state index in [-0.39, 0.29) is 18.1 Å². The maximum Gasteiger partial charge on any atom is 0.318 e. The quantitative estimate of drug-likeness (QED) is 0.757. The highest BCUT2D eigenvalue weighted by Crippen LogP contribution is 2.41. The first kappa shape index (κ1) is 20.3. The standard InChI is InChI=1S/C20H40N2O/c1-11(2)16-17(12(3)4)19(14(7)8)22(15(9)10)20(23)21-18(16)13(5)6/h11-19H,1-10H3,(H,21,23). The third kappa shape index (κ3) is 4.22. The first-order valence-corrected chi connectivity index (χ1v) is 9.59. The lowest BCUT2D eigenvalue weighted by Crippen LogP contribution is -2.53. The maximum absolute atomic E-state index is 13.0. The van der Waals surface area contributed by atoms with Gasteiger partial charge in [-0.1, -0.05) is 55.4 Å². The van der Waals surface area contributed by atoms with Crippen LogP contribution >= 0.6 is 0 Å². The molecule has 0 aromatic rings. The molecule has 1 aliphatic heterocycles. The molecule has 1 saturated heterocycles. The smallest absolute Gasteiger partial charge is 0.318 e. The van der Waals surface area contributed by atoms with Gasteiger partial charge in [-0.2, -0.15) is 0 Å². The van der Waals surface area contributed by atoms with Gasteiger partial charge in [0.25, 0.3) is 0 Å². The van der Waals surface area contributed by atoms with Crippen molar-refractivity contribution < 1.29 is 4.79 Å². The summed E-state index contributed by atoms with van der Waals surface area (Å²) in [6.45, 7) is 22.6. The number of rotatable bonds is 5. The van der Waals surface area contributed by atoms with Gasteiger partial charge in [-0.15, -0.1) is 0 Å². The summed E-state index contributed by atoms with van der Waals surface area (Å²) in [5.74, 6) is 3.06. The van der Waals surface area contributed by atoms with Gasteiger partial charge in [0, 0.05) is 18.1 Å². The molecule has 1 rings (SSSR count). The van der Waals surface area contributed by atoms with Gasteiger partial charge >= 0.3 is 6.03 Å². The van der Waals surface area contributed by atoms with E-state index in [1.165, 1.54) is 0 Å². The maximum atomic E-state index is 13.0. The van der Waals surface area contributed by atoms with Crippen molar-refractivity contribution in [2.45, 2.75) is 87.4 Å². The summed E-state index contributed by atoms with van der Waals surface area (Å²) in [4.78, 5) is 15.2. The summed E-state index contributed by atoms with van der Waals surface area (Å²) in [7, 11) is 0. The molecule has 3 nitrogen and oxygen atoms in total. The fourth-order valence-corrected chi connectivity index (χ4v) is 4.75. The summed E-state index contributed by atoms with van der Waals surface area (Å²) < 4.78 is 0. The second-order valence-electron chi connectivity index (χ2n) is 9.10. The molecule has 0 aromatic carbocycles. The average molecular weight is 325 g/mol. The van der Waals surface area contributed by atoms with Gasteiger partial charge in [0.15, 0.2) is 0 Å². The molecule has 3 heteroatoms. The highest BCUT2D eigenvalue weighted by atomic mass is 16.2. The highest BCUT2D eigenvalue weighted by Gasteiger charge is 2.47. The van der Waals surface area contributed by atoms with Crippen LogP contribution in [0.4, 0.5) is 4.79 Å². The molecule has 1 heterocycles. The number of hydrogen-bond acceptors (Lipinski definition) is 1. The first-order chi connectivity index (χ1) is 10.5. The van der Waals surface area contributed by atoms with Crippen molar-refractivity contribution in [3.8, 4) is 0 Å². The van der Waals surface area contributed by atoms with Gasteiger partial charge in [-0.25, -0.2) is 4.79 Å². The molecule has 0 aromatic heterocycles. The summed E-state index contributed by atoms with van der Waals surface area (Å²) >= 11 is 0. The summed E-state index contributed by atoms with van der Waals surface area (Å²) in [5, 5.41) is 3.40. The minimum Gasteiger partial charge on any atom is -0.335 e. The Morgan fingerprint density at radius 2 is 1.22 bits per heavy atom. The second kappa shape index (κ2) is 7.90. The van der Waals surface area contributed by atoms with Crippen LogP contribution < -0.4 is 5.32 Å². The van der Waals surface area contributed by atoms with E-state index in [2.05, 4.69) is 79.5 Å². The Labute approximate surface area is 144 Å². The zero-order valence-electron chi connectivity index (χ0n) is 17.1. The Morgan fingerprint density at radius 1 is 0.739 bits per heavy atom. The van der Waals surface area contributed by atoms with Crippen molar-refractivity contribution in [1.29, 1.82) is 0 Å². The molecule has 136 valence electrons. The Hall–Kier alpha value is -0.730. The van der Waals surface area contributed by atoms with E-state index < -0.39 is 0 Å². The van der Waals surface area contributed by atoms with Crippen LogP contribution in [0.2, 0.25) is 0 Å². The fourth-order valence-electron chi connectivity index (χ4n) is 4.75. The predicted octanol–water partition coefficient (Wildman–Crippen LogP) is 5.01. The molecule has 1 fully saturated rings. The molecule has 1 N–H and O–H groups in total. The Morgan fingerprint density at radius 3 is 1.52 bits per heavy atom. The number of carbonyl (C=O) groups is 1. The number of urea groups is 1. The zero-order chi connectivity index (χ0) is 18.1. The number of carbonyl (C=O) groups excluding carboxylic acids is 1. The van der Waals surface area contributed by atoms with Crippen LogP contribution in [0, 0.1) is 35.5 Å². The Kier molecular flexibility index (Phi) is 6.97. The summed E-state index contributed by atoms with van der Waals surface area (Å²) in [5.41, 5.74) is 0. The van der Waals surface area contributed by atoms with Crippen molar-refractivity contribution >= 4 is 6.03 Å². The average Bonchev–Trinajstić information content (AvgIpc) is 2.52. The minimum absolute atomic E-state index is 0.131. The third-order valence-corrected chi connectivity index (χ3v) is 5.60. The minimum atomic E-state index is 0.131. The molecule has 0 radical (unpaired) electrons. The first-order valence-electron chi connectivity index (χ1n) is 9.59. The van der Waals surface area contributed by atoms with Crippen molar-refractivity contribution in [2.75, 3.05) is 0 Å². The van der Waals surface area contributed by atoms with Crippen LogP contribution in [0.15, 0.2) is 0 Å². The number of hydrogen-bond donors (Lipinski definition) is 1. The van der Waals surface area contributed by atoms with Crippen molar-refractivity contribution in [1.82, 2.24) is 10.2 Å². The van der Waals surface area contributed by atoms with Crippen LogP contribution in [-0.4, -0.2) is 29.1 Å². The second-order valence-corrected chi connectivity index (χ2v) is 9.10. The molecule has 0 aliphatic carbocycles. The van der Waals surface area contributed by atoms with Crippen LogP contribution in [0.25, 0.3) is 0 Å². The highest BCUT2D eigenvalue weighted by molar-refractivity contribution is 5.76.